The lowest BCUT2D eigenvalue weighted by Gasteiger charge is -2.13. The summed E-state index contributed by atoms with van der Waals surface area (Å²) in [5.74, 6) is -1.97. The first kappa shape index (κ1) is 20.1. The Morgan fingerprint density at radius 1 is 0.966 bits per heavy atom. The standard InChI is InChI=1S/C19H16FN3O5S/c1-12-11-13(8-9-15(12)20)29(26,27)23-16-6-3-2-5-14(16)18(24)21-22-19(25)17-7-4-10-28-17/h2-11,23H,1H3,(H,21,24)(H,22,25). The van der Waals surface area contributed by atoms with Crippen molar-refractivity contribution in [1.82, 2.24) is 10.9 Å². The van der Waals surface area contributed by atoms with E-state index in [1.165, 1.54) is 55.7 Å². The summed E-state index contributed by atoms with van der Waals surface area (Å²) in [4.78, 5) is 24.1. The minimum Gasteiger partial charge on any atom is -0.459 e. The van der Waals surface area contributed by atoms with E-state index in [1.807, 2.05) is 0 Å². The van der Waals surface area contributed by atoms with Gasteiger partial charge in [-0.15, -0.1) is 0 Å². The van der Waals surface area contributed by atoms with Crippen molar-refractivity contribution in [2.45, 2.75) is 11.8 Å². The number of halogens is 1. The number of para-hydroxylation sites is 1. The van der Waals surface area contributed by atoms with Gasteiger partial charge in [0.1, 0.15) is 5.82 Å². The Morgan fingerprint density at radius 2 is 1.69 bits per heavy atom. The van der Waals surface area contributed by atoms with E-state index in [9.17, 15) is 22.4 Å². The number of furan rings is 1. The number of anilines is 1. The van der Waals surface area contributed by atoms with Crippen LogP contribution in [0.2, 0.25) is 0 Å². The maximum atomic E-state index is 13.4. The third-order valence-corrected chi connectivity index (χ3v) is 5.25. The van der Waals surface area contributed by atoms with Crippen LogP contribution >= 0.6 is 0 Å². The second kappa shape index (κ2) is 8.15. The van der Waals surface area contributed by atoms with Crippen molar-refractivity contribution in [3.63, 3.8) is 0 Å². The molecule has 1 heterocycles. The second-order valence-electron chi connectivity index (χ2n) is 5.95. The van der Waals surface area contributed by atoms with Gasteiger partial charge in [-0.3, -0.25) is 25.2 Å². The summed E-state index contributed by atoms with van der Waals surface area (Å²) < 4.78 is 45.9. The van der Waals surface area contributed by atoms with Gasteiger partial charge < -0.3 is 4.42 Å². The molecule has 2 aromatic carbocycles. The van der Waals surface area contributed by atoms with E-state index in [4.69, 9.17) is 4.42 Å². The van der Waals surface area contributed by atoms with Crippen LogP contribution < -0.4 is 15.6 Å². The molecule has 0 aliphatic rings. The highest BCUT2D eigenvalue weighted by atomic mass is 32.2. The Kier molecular flexibility index (Phi) is 5.64. The molecule has 10 heteroatoms. The first-order valence-corrected chi connectivity index (χ1v) is 9.78. The molecule has 0 aliphatic carbocycles. The van der Waals surface area contributed by atoms with E-state index in [0.29, 0.717) is 0 Å². The third kappa shape index (κ3) is 4.61. The molecule has 29 heavy (non-hydrogen) atoms. The smallest absolute Gasteiger partial charge is 0.305 e. The lowest BCUT2D eigenvalue weighted by Crippen LogP contribution is -2.41. The van der Waals surface area contributed by atoms with Crippen molar-refractivity contribution in [2.75, 3.05) is 4.72 Å². The summed E-state index contributed by atoms with van der Waals surface area (Å²) >= 11 is 0. The molecule has 1 aromatic heterocycles. The minimum absolute atomic E-state index is 0.00836. The van der Waals surface area contributed by atoms with Crippen LogP contribution in [0.4, 0.5) is 10.1 Å². The Hall–Kier alpha value is -3.66. The number of carbonyl (C=O) groups is 2. The fourth-order valence-corrected chi connectivity index (χ4v) is 3.57. The zero-order valence-electron chi connectivity index (χ0n) is 15.1. The zero-order valence-corrected chi connectivity index (χ0v) is 15.9. The number of benzene rings is 2. The van der Waals surface area contributed by atoms with Crippen LogP contribution in [-0.4, -0.2) is 20.2 Å². The molecular formula is C19H16FN3O5S. The van der Waals surface area contributed by atoms with Crippen LogP contribution in [0.3, 0.4) is 0 Å². The maximum Gasteiger partial charge on any atom is 0.305 e. The summed E-state index contributed by atoms with van der Waals surface area (Å²) in [6.45, 7) is 1.44. The Balaban J connectivity index is 1.78. The molecule has 3 aromatic rings. The summed E-state index contributed by atoms with van der Waals surface area (Å²) in [7, 11) is -4.07. The zero-order chi connectivity index (χ0) is 21.0. The molecule has 0 spiro atoms. The van der Waals surface area contributed by atoms with Crippen LogP contribution in [0.5, 0.6) is 0 Å². The molecule has 2 amide bonds. The predicted molar refractivity (Wildman–Crippen MR) is 102 cm³/mol. The van der Waals surface area contributed by atoms with Crippen molar-refractivity contribution in [1.29, 1.82) is 0 Å². The lowest BCUT2D eigenvalue weighted by molar-refractivity contribution is 0.0831. The highest BCUT2D eigenvalue weighted by Crippen LogP contribution is 2.21. The fraction of sp³-hybridized carbons (Fsp3) is 0.0526. The van der Waals surface area contributed by atoms with Gasteiger partial charge in [-0.25, -0.2) is 12.8 Å². The molecule has 0 aliphatic heterocycles. The number of carbonyl (C=O) groups excluding carboxylic acids is 2. The largest absolute Gasteiger partial charge is 0.459 e. The summed E-state index contributed by atoms with van der Waals surface area (Å²) in [5.41, 5.74) is 4.47. The van der Waals surface area contributed by atoms with Crippen molar-refractivity contribution in [2.24, 2.45) is 0 Å². The van der Waals surface area contributed by atoms with Gasteiger partial charge in [0.25, 0.3) is 15.9 Å². The number of hydrogen-bond acceptors (Lipinski definition) is 5. The number of nitrogens with one attached hydrogen (secondary N) is 3. The Labute approximate surface area is 165 Å². The van der Waals surface area contributed by atoms with Crippen molar-refractivity contribution >= 4 is 27.5 Å². The van der Waals surface area contributed by atoms with Gasteiger partial charge in [0.05, 0.1) is 22.4 Å². The lowest BCUT2D eigenvalue weighted by atomic mass is 10.2. The molecule has 0 fully saturated rings. The van der Waals surface area contributed by atoms with Gasteiger partial charge in [0, 0.05) is 0 Å². The number of aryl methyl sites for hydroxylation is 1. The molecule has 0 saturated heterocycles. The highest BCUT2D eigenvalue weighted by Gasteiger charge is 2.20. The molecule has 3 N–H and O–H groups in total. The number of rotatable bonds is 5. The van der Waals surface area contributed by atoms with Gasteiger partial charge in [0.15, 0.2) is 5.76 Å². The monoisotopic (exact) mass is 417 g/mol. The van der Waals surface area contributed by atoms with Gasteiger partial charge in [-0.2, -0.15) is 0 Å². The van der Waals surface area contributed by atoms with E-state index in [-0.39, 0.29) is 27.5 Å². The highest BCUT2D eigenvalue weighted by molar-refractivity contribution is 7.92. The second-order valence-corrected chi connectivity index (χ2v) is 7.63. The van der Waals surface area contributed by atoms with Crippen LogP contribution in [-0.2, 0) is 10.0 Å². The number of sulfonamides is 1. The fourth-order valence-electron chi connectivity index (χ4n) is 2.41. The van der Waals surface area contributed by atoms with E-state index >= 15 is 0 Å². The van der Waals surface area contributed by atoms with Crippen LogP contribution in [0.1, 0.15) is 26.5 Å². The van der Waals surface area contributed by atoms with Crippen molar-refractivity contribution in [3.8, 4) is 0 Å². The summed E-state index contributed by atoms with van der Waals surface area (Å²) in [5, 5.41) is 0. The van der Waals surface area contributed by atoms with Crippen LogP contribution in [0.25, 0.3) is 0 Å². The van der Waals surface area contributed by atoms with E-state index < -0.39 is 27.7 Å². The molecule has 0 atom stereocenters. The first-order valence-electron chi connectivity index (χ1n) is 8.30. The molecular weight excluding hydrogens is 401 g/mol. The SMILES string of the molecule is Cc1cc(S(=O)(=O)Nc2ccccc2C(=O)NNC(=O)c2ccco2)ccc1F. The molecule has 150 valence electrons. The van der Waals surface area contributed by atoms with E-state index in [0.717, 1.165) is 12.1 Å². The average molecular weight is 417 g/mol. The van der Waals surface area contributed by atoms with Gasteiger partial charge in [0.2, 0.25) is 0 Å². The maximum absolute atomic E-state index is 13.4. The van der Waals surface area contributed by atoms with Gasteiger partial charge >= 0.3 is 5.91 Å². The van der Waals surface area contributed by atoms with Crippen molar-refractivity contribution < 1.29 is 26.8 Å². The third-order valence-electron chi connectivity index (χ3n) is 3.89. The topological polar surface area (TPSA) is 118 Å². The average Bonchev–Trinajstić information content (AvgIpc) is 3.23. The number of hydrogen-bond donors (Lipinski definition) is 3. The normalized spacial score (nSPS) is 11.0. The molecule has 3 rings (SSSR count). The quantitative estimate of drug-likeness (QED) is 0.552. The molecule has 0 unspecified atom stereocenters. The van der Waals surface area contributed by atoms with E-state index in [2.05, 4.69) is 15.6 Å². The van der Waals surface area contributed by atoms with Gasteiger partial charge in [-0.1, -0.05) is 12.1 Å². The van der Waals surface area contributed by atoms with Crippen LogP contribution in [0, 0.1) is 12.7 Å². The Bertz CT molecular complexity index is 1160. The molecule has 8 nitrogen and oxygen atoms in total. The molecule has 0 radical (unpaired) electrons. The van der Waals surface area contributed by atoms with Crippen molar-refractivity contribution in [3.05, 3.63) is 83.6 Å². The number of hydrazine groups is 1. The molecule has 0 saturated carbocycles. The van der Waals surface area contributed by atoms with Crippen LogP contribution in [0.15, 0.2) is 70.2 Å². The summed E-state index contributed by atoms with van der Waals surface area (Å²) in [6, 6.07) is 12.1. The summed E-state index contributed by atoms with van der Waals surface area (Å²) in [6.07, 6.45) is 1.30. The first-order chi connectivity index (χ1) is 13.8. The van der Waals surface area contributed by atoms with Gasteiger partial charge in [-0.05, 0) is 55.0 Å². The minimum atomic E-state index is -4.07. The predicted octanol–water partition coefficient (Wildman–Crippen LogP) is 2.60. The molecule has 0 bridgehead atoms. The number of amides is 2. The van der Waals surface area contributed by atoms with E-state index in [1.54, 1.807) is 0 Å². The Morgan fingerprint density at radius 3 is 2.38 bits per heavy atom.